The van der Waals surface area contributed by atoms with Gasteiger partial charge in [-0.05, 0) is 49.7 Å². The summed E-state index contributed by atoms with van der Waals surface area (Å²) in [5, 5.41) is 14.1. The second-order valence-electron chi connectivity index (χ2n) is 7.97. The summed E-state index contributed by atoms with van der Waals surface area (Å²) in [6.45, 7) is 8.76. The molecule has 1 atom stereocenters. The second-order valence-corrected chi connectivity index (χ2v) is 8.34. The fourth-order valence-electron chi connectivity index (χ4n) is 3.56. The molecule has 0 aromatic carbocycles. The predicted octanol–water partition coefficient (Wildman–Crippen LogP) is 3.10. The van der Waals surface area contributed by atoms with Crippen molar-refractivity contribution in [1.82, 2.24) is 19.2 Å². The Balaban J connectivity index is 1.76. The van der Waals surface area contributed by atoms with E-state index in [4.69, 9.17) is 12.2 Å². The summed E-state index contributed by atoms with van der Waals surface area (Å²) < 4.78 is 4.75. The molecule has 0 amide bonds. The Morgan fingerprint density at radius 3 is 2.59 bits per heavy atom. The Bertz CT molecular complexity index is 582. The van der Waals surface area contributed by atoms with E-state index in [1.165, 1.54) is 19.3 Å². The molecule has 2 aliphatic rings. The van der Waals surface area contributed by atoms with Gasteiger partial charge in [0.25, 0.3) is 0 Å². The van der Waals surface area contributed by atoms with E-state index in [9.17, 15) is 5.11 Å². The van der Waals surface area contributed by atoms with Crippen LogP contribution in [0.25, 0.3) is 0 Å². The van der Waals surface area contributed by atoms with Crippen LogP contribution in [0.3, 0.4) is 0 Å². The SMILES string of the molecule is CC(C)(C)CC1CCCN1Cn1nc(CO)n(C2CC2)c1=S. The minimum Gasteiger partial charge on any atom is -0.388 e. The van der Waals surface area contributed by atoms with Crippen molar-refractivity contribution >= 4 is 12.2 Å². The molecule has 1 aromatic rings. The molecule has 1 aliphatic carbocycles. The topological polar surface area (TPSA) is 46.2 Å². The van der Waals surface area contributed by atoms with Gasteiger partial charge in [0.1, 0.15) is 6.61 Å². The third kappa shape index (κ3) is 3.44. The number of aliphatic hydroxyl groups excluding tert-OH is 1. The molecule has 6 heteroatoms. The summed E-state index contributed by atoms with van der Waals surface area (Å²) >= 11 is 5.60. The molecule has 1 aromatic heterocycles. The third-order valence-electron chi connectivity index (χ3n) is 4.66. The zero-order chi connectivity index (χ0) is 15.9. The fourth-order valence-corrected chi connectivity index (χ4v) is 3.91. The molecule has 5 nitrogen and oxygen atoms in total. The standard InChI is InChI=1S/C16H28N4OS/c1-16(2,3)9-13-5-4-8-18(13)11-19-15(22)20(12-6-7-12)14(10-21)17-19/h12-13,21H,4-11H2,1-3H3. The van der Waals surface area contributed by atoms with Crippen molar-refractivity contribution in [3.8, 4) is 0 Å². The zero-order valence-corrected chi connectivity index (χ0v) is 14.8. The Kier molecular flexibility index (Phi) is 4.45. The number of aliphatic hydroxyl groups is 1. The van der Waals surface area contributed by atoms with Gasteiger partial charge in [-0.3, -0.25) is 9.47 Å². The summed E-state index contributed by atoms with van der Waals surface area (Å²) in [4.78, 5) is 2.51. The Morgan fingerprint density at radius 2 is 2.00 bits per heavy atom. The van der Waals surface area contributed by atoms with Crippen molar-refractivity contribution in [2.24, 2.45) is 5.41 Å². The number of nitrogens with zero attached hydrogens (tertiary/aromatic N) is 4. The highest BCUT2D eigenvalue weighted by Gasteiger charge is 2.31. The minimum absolute atomic E-state index is 0.0292. The first-order valence-electron chi connectivity index (χ1n) is 8.42. The van der Waals surface area contributed by atoms with Gasteiger partial charge in [0, 0.05) is 18.6 Å². The van der Waals surface area contributed by atoms with E-state index in [1.54, 1.807) is 0 Å². The van der Waals surface area contributed by atoms with Crippen LogP contribution in [-0.4, -0.2) is 36.9 Å². The normalized spacial score (nSPS) is 23.4. The molecule has 0 bridgehead atoms. The summed E-state index contributed by atoms with van der Waals surface area (Å²) in [6, 6.07) is 1.08. The number of aromatic nitrogens is 3. The quantitative estimate of drug-likeness (QED) is 0.846. The molecule has 1 unspecified atom stereocenters. The number of hydrogen-bond donors (Lipinski definition) is 1. The van der Waals surface area contributed by atoms with Gasteiger partial charge in [-0.2, -0.15) is 5.10 Å². The minimum atomic E-state index is -0.0292. The molecule has 2 heterocycles. The zero-order valence-electron chi connectivity index (χ0n) is 14.0. The summed E-state index contributed by atoms with van der Waals surface area (Å²) in [5.74, 6) is 0.721. The highest BCUT2D eigenvalue weighted by Crippen LogP contribution is 2.36. The highest BCUT2D eigenvalue weighted by molar-refractivity contribution is 7.71. The maximum Gasteiger partial charge on any atom is 0.199 e. The summed E-state index contributed by atoms with van der Waals surface area (Å²) in [6.07, 6.45) is 6.04. The monoisotopic (exact) mass is 324 g/mol. The highest BCUT2D eigenvalue weighted by atomic mass is 32.1. The smallest absolute Gasteiger partial charge is 0.199 e. The third-order valence-corrected chi connectivity index (χ3v) is 5.06. The predicted molar refractivity (Wildman–Crippen MR) is 89.0 cm³/mol. The molecule has 0 radical (unpaired) electrons. The van der Waals surface area contributed by atoms with Crippen LogP contribution in [0.2, 0.25) is 0 Å². The van der Waals surface area contributed by atoms with Crippen LogP contribution >= 0.6 is 12.2 Å². The van der Waals surface area contributed by atoms with Crippen LogP contribution in [0.4, 0.5) is 0 Å². The van der Waals surface area contributed by atoms with E-state index < -0.39 is 0 Å². The lowest BCUT2D eigenvalue weighted by molar-refractivity contribution is 0.147. The van der Waals surface area contributed by atoms with Crippen LogP contribution in [0.15, 0.2) is 0 Å². The molecular weight excluding hydrogens is 296 g/mol. The van der Waals surface area contributed by atoms with Gasteiger partial charge in [0.2, 0.25) is 0 Å². The van der Waals surface area contributed by atoms with Crippen molar-refractivity contribution in [3.05, 3.63) is 10.6 Å². The molecular formula is C16H28N4OS. The van der Waals surface area contributed by atoms with Gasteiger partial charge in [-0.15, -0.1) is 0 Å². The van der Waals surface area contributed by atoms with Gasteiger partial charge in [0.05, 0.1) is 6.67 Å². The summed E-state index contributed by atoms with van der Waals surface area (Å²) in [7, 11) is 0. The van der Waals surface area contributed by atoms with E-state index in [1.807, 2.05) is 4.68 Å². The van der Waals surface area contributed by atoms with E-state index >= 15 is 0 Å². The average Bonchev–Trinajstić information content (AvgIpc) is 3.10. The van der Waals surface area contributed by atoms with Crippen molar-refractivity contribution in [2.45, 2.75) is 78.2 Å². The first kappa shape index (κ1) is 16.1. The van der Waals surface area contributed by atoms with Crippen LogP contribution < -0.4 is 0 Å². The van der Waals surface area contributed by atoms with Gasteiger partial charge in [-0.25, -0.2) is 4.68 Å². The molecule has 1 aliphatic heterocycles. The van der Waals surface area contributed by atoms with Crippen molar-refractivity contribution in [1.29, 1.82) is 0 Å². The Labute approximate surface area is 137 Å². The van der Waals surface area contributed by atoms with Gasteiger partial charge >= 0.3 is 0 Å². The molecule has 2 fully saturated rings. The number of hydrogen-bond acceptors (Lipinski definition) is 4. The van der Waals surface area contributed by atoms with E-state index in [-0.39, 0.29) is 6.61 Å². The van der Waals surface area contributed by atoms with E-state index in [0.29, 0.717) is 17.5 Å². The Hall–Kier alpha value is -0.720. The van der Waals surface area contributed by atoms with E-state index in [2.05, 4.69) is 35.3 Å². The van der Waals surface area contributed by atoms with Gasteiger partial charge in [0.15, 0.2) is 10.6 Å². The molecule has 1 N–H and O–H groups in total. The Morgan fingerprint density at radius 1 is 1.27 bits per heavy atom. The maximum atomic E-state index is 9.54. The van der Waals surface area contributed by atoms with Gasteiger partial charge in [-0.1, -0.05) is 20.8 Å². The molecule has 0 spiro atoms. The largest absolute Gasteiger partial charge is 0.388 e. The second kappa shape index (κ2) is 6.06. The van der Waals surface area contributed by atoms with Crippen LogP contribution in [0, 0.1) is 10.2 Å². The van der Waals surface area contributed by atoms with E-state index in [0.717, 1.165) is 36.7 Å². The first-order valence-corrected chi connectivity index (χ1v) is 8.83. The molecule has 1 saturated heterocycles. The molecule has 22 heavy (non-hydrogen) atoms. The van der Waals surface area contributed by atoms with Gasteiger partial charge < -0.3 is 5.11 Å². The number of rotatable bonds is 5. The number of likely N-dealkylation sites (tertiary alicyclic amines) is 1. The average molecular weight is 324 g/mol. The molecule has 1 saturated carbocycles. The fraction of sp³-hybridized carbons (Fsp3) is 0.875. The van der Waals surface area contributed by atoms with Crippen molar-refractivity contribution in [3.63, 3.8) is 0 Å². The van der Waals surface area contributed by atoms with Crippen LogP contribution in [-0.2, 0) is 13.3 Å². The lowest BCUT2D eigenvalue weighted by atomic mass is 9.87. The van der Waals surface area contributed by atoms with Crippen LogP contribution in [0.1, 0.15) is 64.7 Å². The lowest BCUT2D eigenvalue weighted by Crippen LogP contribution is -2.34. The molecule has 3 rings (SSSR count). The van der Waals surface area contributed by atoms with Crippen molar-refractivity contribution < 1.29 is 5.11 Å². The lowest BCUT2D eigenvalue weighted by Gasteiger charge is -2.30. The van der Waals surface area contributed by atoms with Crippen molar-refractivity contribution in [2.75, 3.05) is 6.54 Å². The molecule has 124 valence electrons. The summed E-state index contributed by atoms with van der Waals surface area (Å²) in [5.41, 5.74) is 0.346. The first-order chi connectivity index (χ1) is 10.4. The maximum absolute atomic E-state index is 9.54. The van der Waals surface area contributed by atoms with Crippen LogP contribution in [0.5, 0.6) is 0 Å².